The van der Waals surface area contributed by atoms with E-state index in [1.807, 2.05) is 111 Å². The topological polar surface area (TPSA) is 51.1 Å². The number of halogens is 1. The van der Waals surface area contributed by atoms with Crippen LogP contribution in [0.3, 0.4) is 0 Å². The lowest BCUT2D eigenvalue weighted by molar-refractivity contribution is -0.113. The van der Waals surface area contributed by atoms with Crippen LogP contribution in [0.15, 0.2) is 101 Å². The molecule has 1 saturated heterocycles. The van der Waals surface area contributed by atoms with E-state index < -0.39 is 0 Å². The van der Waals surface area contributed by atoms with Gasteiger partial charge in [0.2, 0.25) is 0 Å². The Morgan fingerprint density at radius 1 is 0.897 bits per heavy atom. The monoisotopic (exact) mass is 554 g/mol. The summed E-state index contributed by atoms with van der Waals surface area (Å²) in [6, 6.07) is 28.9. The Morgan fingerprint density at radius 2 is 1.59 bits per heavy atom. The number of hydrogen-bond donors (Lipinski definition) is 0. The molecule has 0 aliphatic carbocycles. The maximum atomic E-state index is 13.8. The van der Waals surface area contributed by atoms with Gasteiger partial charge in [-0.1, -0.05) is 77.3 Å². The predicted molar refractivity (Wildman–Crippen MR) is 161 cm³/mol. The lowest BCUT2D eigenvalue weighted by atomic mass is 10.1. The molecule has 4 aromatic carbocycles. The molecule has 0 saturated carbocycles. The van der Waals surface area contributed by atoms with E-state index in [0.717, 1.165) is 33.6 Å². The van der Waals surface area contributed by atoms with Gasteiger partial charge in [-0.15, -0.1) is 0 Å². The van der Waals surface area contributed by atoms with E-state index >= 15 is 0 Å². The first kappa shape index (κ1) is 26.6. The summed E-state index contributed by atoms with van der Waals surface area (Å²) >= 11 is 7.67. The second-order valence-electron chi connectivity index (χ2n) is 9.08. The van der Waals surface area contributed by atoms with Crippen LogP contribution < -0.4 is 14.4 Å². The minimum Gasteiger partial charge on any atom is -0.493 e. The number of nitrogens with zero attached hydrogens (tertiary/aromatic N) is 2. The number of carbonyl (C=O) groups excluding carboxylic acids is 1. The maximum Gasteiger partial charge on any atom is 0.271 e. The van der Waals surface area contributed by atoms with Crippen LogP contribution in [0.25, 0.3) is 6.08 Å². The van der Waals surface area contributed by atoms with Gasteiger partial charge >= 0.3 is 0 Å². The Labute approximate surface area is 237 Å². The van der Waals surface area contributed by atoms with Crippen LogP contribution in [0.5, 0.6) is 11.5 Å². The summed E-state index contributed by atoms with van der Waals surface area (Å²) in [7, 11) is 1.59. The smallest absolute Gasteiger partial charge is 0.271 e. The number of methoxy groups -OCH3 is 1. The Bertz CT molecular complexity index is 1560. The molecule has 1 fully saturated rings. The molecule has 4 aromatic rings. The van der Waals surface area contributed by atoms with E-state index in [9.17, 15) is 4.79 Å². The van der Waals surface area contributed by atoms with Crippen LogP contribution in [-0.4, -0.2) is 18.2 Å². The quantitative estimate of drug-likeness (QED) is 0.215. The zero-order valence-electron chi connectivity index (χ0n) is 21.9. The average molecular weight is 555 g/mol. The number of amidine groups is 1. The van der Waals surface area contributed by atoms with Crippen molar-refractivity contribution >= 4 is 51.9 Å². The van der Waals surface area contributed by atoms with Crippen molar-refractivity contribution in [2.75, 3.05) is 12.0 Å². The number of hydrogen-bond acceptors (Lipinski definition) is 5. The maximum absolute atomic E-state index is 13.8. The number of amides is 1. The van der Waals surface area contributed by atoms with Crippen molar-refractivity contribution in [1.82, 2.24) is 0 Å². The molecule has 39 heavy (non-hydrogen) atoms. The van der Waals surface area contributed by atoms with Crippen molar-refractivity contribution in [3.8, 4) is 11.5 Å². The molecule has 0 unspecified atom stereocenters. The summed E-state index contributed by atoms with van der Waals surface area (Å²) in [6.07, 6.45) is 1.83. The number of carbonyl (C=O) groups is 1. The van der Waals surface area contributed by atoms with Crippen molar-refractivity contribution in [3.05, 3.63) is 123 Å². The van der Waals surface area contributed by atoms with Crippen molar-refractivity contribution in [2.24, 2.45) is 4.99 Å². The molecule has 1 heterocycles. The first-order valence-corrected chi connectivity index (χ1v) is 13.6. The van der Waals surface area contributed by atoms with Crippen LogP contribution in [0.1, 0.15) is 22.3 Å². The van der Waals surface area contributed by atoms with Gasteiger partial charge in [0, 0.05) is 16.1 Å². The molecule has 196 valence electrons. The Morgan fingerprint density at radius 3 is 2.28 bits per heavy atom. The largest absolute Gasteiger partial charge is 0.493 e. The second kappa shape index (κ2) is 11.8. The number of rotatable bonds is 7. The third kappa shape index (κ3) is 6.03. The molecule has 5 nitrogen and oxygen atoms in total. The average Bonchev–Trinajstić information content (AvgIpc) is 3.24. The molecule has 0 N–H and O–H groups in total. The van der Waals surface area contributed by atoms with E-state index in [0.29, 0.717) is 26.6 Å². The first-order chi connectivity index (χ1) is 18.9. The Hall–Kier alpha value is -4.00. The van der Waals surface area contributed by atoms with E-state index in [4.69, 9.17) is 26.1 Å². The highest BCUT2D eigenvalue weighted by molar-refractivity contribution is 8.19. The van der Waals surface area contributed by atoms with Crippen LogP contribution in [0.2, 0.25) is 5.02 Å². The molecule has 1 amide bonds. The molecule has 0 radical (unpaired) electrons. The molecular formula is C32H27ClN2O3S. The highest BCUT2D eigenvalue weighted by atomic mass is 35.5. The standard InChI is InChI=1S/C32H27ClN2O3S/c1-21-11-15-25(16-12-21)34-32-35(26-17-13-22(2)14-18-26)31(36)29(39-32)19-23-8-6-10-28(37-3)30(23)38-20-24-7-4-5-9-27(24)33/h4-19H,20H2,1-3H3/b29-19+,34-32?. The number of thioether (sulfide) groups is 1. The molecule has 7 heteroatoms. The van der Waals surface area contributed by atoms with E-state index in [-0.39, 0.29) is 12.5 Å². The van der Waals surface area contributed by atoms with Crippen LogP contribution >= 0.6 is 23.4 Å². The number of para-hydroxylation sites is 1. The van der Waals surface area contributed by atoms with Gasteiger partial charge in [-0.3, -0.25) is 9.69 Å². The fraction of sp³-hybridized carbons (Fsp3) is 0.125. The Kier molecular flexibility index (Phi) is 8.05. The van der Waals surface area contributed by atoms with Crippen molar-refractivity contribution in [1.29, 1.82) is 0 Å². The van der Waals surface area contributed by atoms with E-state index in [2.05, 4.69) is 0 Å². The zero-order chi connectivity index (χ0) is 27.4. The summed E-state index contributed by atoms with van der Waals surface area (Å²) in [5, 5.41) is 1.21. The fourth-order valence-corrected chi connectivity index (χ4v) is 5.25. The SMILES string of the molecule is COc1cccc(/C=C2/SC(=Nc3ccc(C)cc3)N(c3ccc(C)cc3)C2=O)c1OCc1ccccc1Cl. The summed E-state index contributed by atoms with van der Waals surface area (Å²) in [5.41, 5.74) is 5.37. The van der Waals surface area contributed by atoms with Crippen molar-refractivity contribution in [2.45, 2.75) is 20.5 Å². The summed E-state index contributed by atoms with van der Waals surface area (Å²) < 4.78 is 11.8. The lowest BCUT2D eigenvalue weighted by Gasteiger charge is -2.16. The number of aliphatic imine (C=N–C) groups is 1. The molecule has 5 rings (SSSR count). The third-order valence-corrected chi connectivity index (χ3v) is 7.54. The normalized spacial score (nSPS) is 15.3. The fourth-order valence-electron chi connectivity index (χ4n) is 4.07. The van der Waals surface area contributed by atoms with Crippen molar-refractivity contribution in [3.63, 3.8) is 0 Å². The summed E-state index contributed by atoms with van der Waals surface area (Å²) in [4.78, 5) is 20.8. The number of aryl methyl sites for hydroxylation is 2. The third-order valence-electron chi connectivity index (χ3n) is 6.20. The van der Waals surface area contributed by atoms with Gasteiger partial charge in [0.25, 0.3) is 5.91 Å². The van der Waals surface area contributed by atoms with Gasteiger partial charge in [-0.05, 0) is 68.1 Å². The van der Waals surface area contributed by atoms with E-state index in [1.165, 1.54) is 11.8 Å². The highest BCUT2D eigenvalue weighted by Gasteiger charge is 2.35. The van der Waals surface area contributed by atoms with Crippen LogP contribution in [-0.2, 0) is 11.4 Å². The van der Waals surface area contributed by atoms with Gasteiger partial charge in [0.05, 0.1) is 23.4 Å². The zero-order valence-corrected chi connectivity index (χ0v) is 23.4. The molecule has 0 aromatic heterocycles. The molecule has 0 spiro atoms. The Balaban J connectivity index is 1.53. The van der Waals surface area contributed by atoms with Crippen LogP contribution in [0, 0.1) is 13.8 Å². The number of benzene rings is 4. The minimum atomic E-state index is -0.158. The molecule has 1 aliphatic heterocycles. The summed E-state index contributed by atoms with van der Waals surface area (Å²) in [6.45, 7) is 4.31. The van der Waals surface area contributed by atoms with E-state index in [1.54, 1.807) is 12.0 Å². The predicted octanol–water partition coefficient (Wildman–Crippen LogP) is 8.35. The molecule has 0 atom stereocenters. The molecular weight excluding hydrogens is 528 g/mol. The molecule has 1 aliphatic rings. The van der Waals surface area contributed by atoms with Crippen molar-refractivity contribution < 1.29 is 14.3 Å². The second-order valence-corrected chi connectivity index (χ2v) is 10.5. The van der Waals surface area contributed by atoms with Gasteiger partial charge in [-0.25, -0.2) is 4.99 Å². The van der Waals surface area contributed by atoms with Gasteiger partial charge in [-0.2, -0.15) is 0 Å². The number of anilines is 1. The summed E-state index contributed by atoms with van der Waals surface area (Å²) in [5.74, 6) is 0.942. The van der Waals surface area contributed by atoms with Crippen LogP contribution in [0.4, 0.5) is 11.4 Å². The van der Waals surface area contributed by atoms with Gasteiger partial charge < -0.3 is 9.47 Å². The van der Waals surface area contributed by atoms with Gasteiger partial charge in [0.1, 0.15) is 6.61 Å². The molecule has 0 bridgehead atoms. The number of ether oxygens (including phenoxy) is 2. The minimum absolute atomic E-state index is 0.158. The first-order valence-electron chi connectivity index (χ1n) is 12.4. The lowest BCUT2D eigenvalue weighted by Crippen LogP contribution is -2.28. The van der Waals surface area contributed by atoms with Gasteiger partial charge in [0.15, 0.2) is 16.7 Å². The highest BCUT2D eigenvalue weighted by Crippen LogP contribution is 2.40.